The summed E-state index contributed by atoms with van der Waals surface area (Å²) in [5, 5.41) is 13.1. The van der Waals surface area contributed by atoms with Crippen molar-refractivity contribution in [3.05, 3.63) is 11.7 Å². The summed E-state index contributed by atoms with van der Waals surface area (Å²) in [7, 11) is 0. The van der Waals surface area contributed by atoms with Crippen molar-refractivity contribution in [1.29, 1.82) is 0 Å². The van der Waals surface area contributed by atoms with Gasteiger partial charge in [-0.3, -0.25) is 4.79 Å². The van der Waals surface area contributed by atoms with E-state index in [1.54, 1.807) is 0 Å². The first-order valence-electron chi connectivity index (χ1n) is 7.21. The molecular formula is C14H20N2O3. The summed E-state index contributed by atoms with van der Waals surface area (Å²) in [5.74, 6) is 1.20. The lowest BCUT2D eigenvalue weighted by Gasteiger charge is -2.25. The number of nitrogens with zero attached hydrogens (tertiary/aromatic N) is 2. The largest absolute Gasteiger partial charge is 0.481 e. The molecule has 2 fully saturated rings. The van der Waals surface area contributed by atoms with Crippen molar-refractivity contribution in [1.82, 2.24) is 10.1 Å². The van der Waals surface area contributed by atoms with Crippen LogP contribution in [-0.4, -0.2) is 21.2 Å². The maximum absolute atomic E-state index is 11.1. The Labute approximate surface area is 112 Å². The van der Waals surface area contributed by atoms with Crippen LogP contribution in [0.4, 0.5) is 0 Å². The fraction of sp³-hybridized carbons (Fsp3) is 0.786. The van der Waals surface area contributed by atoms with Crippen LogP contribution in [0, 0.1) is 5.41 Å². The lowest BCUT2D eigenvalue weighted by Crippen LogP contribution is -2.24. The Kier molecular flexibility index (Phi) is 3.29. The molecule has 1 aromatic rings. The third-order valence-electron chi connectivity index (χ3n) is 4.67. The summed E-state index contributed by atoms with van der Waals surface area (Å²) in [4.78, 5) is 15.5. The van der Waals surface area contributed by atoms with Crippen LogP contribution in [0.2, 0.25) is 0 Å². The summed E-state index contributed by atoms with van der Waals surface area (Å²) in [6.45, 7) is 0. The standard InChI is InChI=1S/C14H20N2O3/c17-12(18)9-14(6-1-2-7-14)8-11-15-13(16-19-11)10-4-3-5-10/h10H,1-9H2,(H,17,18). The van der Waals surface area contributed by atoms with Crippen molar-refractivity contribution < 1.29 is 14.4 Å². The minimum Gasteiger partial charge on any atom is -0.481 e. The average molecular weight is 264 g/mol. The maximum Gasteiger partial charge on any atom is 0.303 e. The van der Waals surface area contributed by atoms with Gasteiger partial charge < -0.3 is 9.63 Å². The second kappa shape index (κ2) is 4.94. The van der Waals surface area contributed by atoms with E-state index in [1.807, 2.05) is 0 Å². The number of rotatable bonds is 5. The molecule has 0 atom stereocenters. The topological polar surface area (TPSA) is 76.2 Å². The molecule has 19 heavy (non-hydrogen) atoms. The zero-order valence-corrected chi connectivity index (χ0v) is 11.1. The van der Waals surface area contributed by atoms with Gasteiger partial charge in [-0.1, -0.05) is 24.4 Å². The number of carbonyl (C=O) groups is 1. The van der Waals surface area contributed by atoms with E-state index in [2.05, 4.69) is 10.1 Å². The van der Waals surface area contributed by atoms with Gasteiger partial charge in [0, 0.05) is 12.3 Å². The molecule has 0 unspecified atom stereocenters. The monoisotopic (exact) mass is 264 g/mol. The number of hydrogen-bond donors (Lipinski definition) is 1. The van der Waals surface area contributed by atoms with E-state index in [0.29, 0.717) is 18.2 Å². The van der Waals surface area contributed by atoms with Gasteiger partial charge >= 0.3 is 5.97 Å². The molecule has 0 aliphatic heterocycles. The number of aliphatic carboxylic acids is 1. The highest BCUT2D eigenvalue weighted by atomic mass is 16.5. The predicted octanol–water partition coefficient (Wildman–Crippen LogP) is 2.91. The Balaban J connectivity index is 1.70. The molecule has 0 amide bonds. The Morgan fingerprint density at radius 2 is 2.05 bits per heavy atom. The smallest absolute Gasteiger partial charge is 0.303 e. The molecule has 5 heteroatoms. The number of carboxylic acid groups (broad SMARTS) is 1. The Morgan fingerprint density at radius 3 is 2.63 bits per heavy atom. The normalized spacial score (nSPS) is 22.3. The lowest BCUT2D eigenvalue weighted by molar-refractivity contribution is -0.139. The third-order valence-corrected chi connectivity index (χ3v) is 4.67. The van der Waals surface area contributed by atoms with Gasteiger partial charge in [0.05, 0.1) is 6.42 Å². The first-order valence-corrected chi connectivity index (χ1v) is 7.21. The van der Waals surface area contributed by atoms with E-state index in [0.717, 1.165) is 44.3 Å². The molecular weight excluding hydrogens is 244 g/mol. The molecule has 0 saturated heterocycles. The van der Waals surface area contributed by atoms with E-state index in [4.69, 9.17) is 9.63 Å². The summed E-state index contributed by atoms with van der Waals surface area (Å²) < 4.78 is 5.34. The Bertz CT molecular complexity index is 459. The van der Waals surface area contributed by atoms with Gasteiger partial charge in [0.15, 0.2) is 5.82 Å². The van der Waals surface area contributed by atoms with Crippen LogP contribution in [0.5, 0.6) is 0 Å². The molecule has 1 heterocycles. The van der Waals surface area contributed by atoms with Gasteiger partial charge in [0.25, 0.3) is 0 Å². The highest BCUT2D eigenvalue weighted by molar-refractivity contribution is 5.67. The van der Waals surface area contributed by atoms with Crippen LogP contribution in [0.1, 0.15) is 69.0 Å². The second-order valence-electron chi connectivity index (χ2n) is 6.13. The number of carboxylic acids is 1. The van der Waals surface area contributed by atoms with Gasteiger partial charge in [0.2, 0.25) is 5.89 Å². The Morgan fingerprint density at radius 1 is 1.32 bits per heavy atom. The minimum atomic E-state index is -0.722. The SMILES string of the molecule is O=C(O)CC1(Cc2nc(C3CCC3)no2)CCCC1. The quantitative estimate of drug-likeness (QED) is 0.884. The second-order valence-corrected chi connectivity index (χ2v) is 6.13. The molecule has 3 rings (SSSR count). The van der Waals surface area contributed by atoms with Crippen LogP contribution in [0.3, 0.4) is 0 Å². The van der Waals surface area contributed by atoms with E-state index >= 15 is 0 Å². The average Bonchev–Trinajstić information content (AvgIpc) is 2.86. The van der Waals surface area contributed by atoms with Gasteiger partial charge in [-0.05, 0) is 31.1 Å². The highest BCUT2D eigenvalue weighted by Crippen LogP contribution is 2.44. The highest BCUT2D eigenvalue weighted by Gasteiger charge is 2.38. The van der Waals surface area contributed by atoms with Crippen LogP contribution in [-0.2, 0) is 11.2 Å². The van der Waals surface area contributed by atoms with Crippen molar-refractivity contribution >= 4 is 5.97 Å². The molecule has 5 nitrogen and oxygen atoms in total. The van der Waals surface area contributed by atoms with Gasteiger partial charge in [-0.25, -0.2) is 0 Å². The molecule has 1 aromatic heterocycles. The fourth-order valence-corrected chi connectivity index (χ4v) is 3.35. The van der Waals surface area contributed by atoms with Crippen LogP contribution < -0.4 is 0 Å². The van der Waals surface area contributed by atoms with Crippen LogP contribution in [0.25, 0.3) is 0 Å². The van der Waals surface area contributed by atoms with Gasteiger partial charge in [0.1, 0.15) is 0 Å². The fourth-order valence-electron chi connectivity index (χ4n) is 3.35. The molecule has 0 bridgehead atoms. The summed E-state index contributed by atoms with van der Waals surface area (Å²) in [6, 6.07) is 0. The third kappa shape index (κ3) is 2.65. The summed E-state index contributed by atoms with van der Waals surface area (Å²) in [6.07, 6.45) is 8.53. The first-order chi connectivity index (χ1) is 9.17. The Hall–Kier alpha value is -1.39. The van der Waals surface area contributed by atoms with Gasteiger partial charge in [-0.15, -0.1) is 0 Å². The zero-order valence-electron chi connectivity index (χ0n) is 11.1. The molecule has 0 spiro atoms. The van der Waals surface area contributed by atoms with Crippen LogP contribution in [0.15, 0.2) is 4.52 Å². The van der Waals surface area contributed by atoms with E-state index in [1.165, 1.54) is 6.42 Å². The minimum absolute atomic E-state index is 0.157. The molecule has 2 saturated carbocycles. The first kappa shape index (κ1) is 12.6. The van der Waals surface area contributed by atoms with E-state index < -0.39 is 5.97 Å². The maximum atomic E-state index is 11.1. The number of hydrogen-bond acceptors (Lipinski definition) is 4. The van der Waals surface area contributed by atoms with Crippen molar-refractivity contribution in [2.75, 3.05) is 0 Å². The molecule has 2 aliphatic carbocycles. The lowest BCUT2D eigenvalue weighted by atomic mass is 9.79. The molecule has 0 radical (unpaired) electrons. The van der Waals surface area contributed by atoms with Crippen molar-refractivity contribution in [2.24, 2.45) is 5.41 Å². The van der Waals surface area contributed by atoms with E-state index in [9.17, 15) is 4.79 Å². The van der Waals surface area contributed by atoms with Crippen molar-refractivity contribution in [3.8, 4) is 0 Å². The van der Waals surface area contributed by atoms with Gasteiger partial charge in [-0.2, -0.15) is 4.98 Å². The predicted molar refractivity (Wildman–Crippen MR) is 67.7 cm³/mol. The van der Waals surface area contributed by atoms with E-state index in [-0.39, 0.29) is 11.8 Å². The van der Waals surface area contributed by atoms with Crippen molar-refractivity contribution in [2.45, 2.75) is 63.7 Å². The summed E-state index contributed by atoms with van der Waals surface area (Å²) >= 11 is 0. The number of aromatic nitrogens is 2. The zero-order chi connectivity index (χ0) is 13.3. The molecule has 0 aromatic carbocycles. The molecule has 104 valence electrons. The molecule has 1 N–H and O–H groups in total. The molecule has 2 aliphatic rings. The summed E-state index contributed by atoms with van der Waals surface area (Å²) in [5.41, 5.74) is -0.157. The van der Waals surface area contributed by atoms with Crippen molar-refractivity contribution in [3.63, 3.8) is 0 Å². The van der Waals surface area contributed by atoms with Crippen LogP contribution >= 0.6 is 0 Å².